The standard InChI is InChI=1S/C7H12N4S2/c1-2-11(4-3-6(8)12)7-10-9-5-13-7/h5H,2-4H2,1H3,(H2,8,12). The molecule has 0 aliphatic heterocycles. The zero-order valence-electron chi connectivity index (χ0n) is 7.43. The first-order valence-corrected chi connectivity index (χ1v) is 5.32. The summed E-state index contributed by atoms with van der Waals surface area (Å²) >= 11 is 6.34. The third-order valence-electron chi connectivity index (χ3n) is 1.63. The van der Waals surface area contributed by atoms with Crippen LogP contribution in [-0.2, 0) is 0 Å². The van der Waals surface area contributed by atoms with Gasteiger partial charge < -0.3 is 10.6 Å². The summed E-state index contributed by atoms with van der Waals surface area (Å²) in [6, 6.07) is 0. The van der Waals surface area contributed by atoms with Gasteiger partial charge in [0.25, 0.3) is 0 Å². The van der Waals surface area contributed by atoms with E-state index < -0.39 is 0 Å². The largest absolute Gasteiger partial charge is 0.393 e. The van der Waals surface area contributed by atoms with Gasteiger partial charge in [-0.1, -0.05) is 23.6 Å². The number of nitrogens with two attached hydrogens (primary N) is 1. The zero-order valence-corrected chi connectivity index (χ0v) is 9.07. The molecular formula is C7H12N4S2. The first-order valence-electron chi connectivity index (χ1n) is 4.03. The molecule has 1 rings (SSSR count). The van der Waals surface area contributed by atoms with Gasteiger partial charge in [-0.05, 0) is 6.92 Å². The summed E-state index contributed by atoms with van der Waals surface area (Å²) in [5.41, 5.74) is 7.14. The molecule has 1 aromatic rings. The molecule has 1 heterocycles. The third-order valence-corrected chi connectivity index (χ3v) is 2.58. The van der Waals surface area contributed by atoms with E-state index in [1.165, 1.54) is 11.3 Å². The fraction of sp³-hybridized carbons (Fsp3) is 0.571. The predicted octanol–water partition coefficient (Wildman–Crippen LogP) is 1.04. The van der Waals surface area contributed by atoms with Gasteiger partial charge in [0.15, 0.2) is 0 Å². The smallest absolute Gasteiger partial charge is 0.208 e. The van der Waals surface area contributed by atoms with E-state index in [9.17, 15) is 0 Å². The van der Waals surface area contributed by atoms with Crippen LogP contribution in [0.15, 0.2) is 5.51 Å². The molecule has 0 radical (unpaired) electrons. The van der Waals surface area contributed by atoms with Gasteiger partial charge in [-0.15, -0.1) is 10.2 Å². The van der Waals surface area contributed by atoms with Crippen LogP contribution in [0.1, 0.15) is 13.3 Å². The molecule has 0 saturated carbocycles. The quantitative estimate of drug-likeness (QED) is 0.745. The predicted molar refractivity (Wildman–Crippen MR) is 59.2 cm³/mol. The number of hydrogen-bond acceptors (Lipinski definition) is 5. The van der Waals surface area contributed by atoms with Crippen LogP contribution in [0.2, 0.25) is 0 Å². The van der Waals surface area contributed by atoms with Gasteiger partial charge in [-0.25, -0.2) is 0 Å². The Balaban J connectivity index is 2.49. The maximum Gasteiger partial charge on any atom is 0.208 e. The van der Waals surface area contributed by atoms with E-state index in [0.717, 1.165) is 24.6 Å². The van der Waals surface area contributed by atoms with Crippen molar-refractivity contribution in [3.63, 3.8) is 0 Å². The van der Waals surface area contributed by atoms with Crippen molar-refractivity contribution in [2.45, 2.75) is 13.3 Å². The minimum atomic E-state index is 0.544. The summed E-state index contributed by atoms with van der Waals surface area (Å²) in [5.74, 6) is 0. The van der Waals surface area contributed by atoms with Crippen LogP contribution in [0.5, 0.6) is 0 Å². The molecule has 72 valence electrons. The Bertz CT molecular complexity index is 259. The van der Waals surface area contributed by atoms with E-state index in [2.05, 4.69) is 22.0 Å². The Morgan fingerprint density at radius 1 is 1.77 bits per heavy atom. The second-order valence-corrected chi connectivity index (χ2v) is 3.85. The Morgan fingerprint density at radius 3 is 3.00 bits per heavy atom. The molecule has 1 aromatic heterocycles. The normalized spacial score (nSPS) is 9.92. The molecule has 0 saturated heterocycles. The van der Waals surface area contributed by atoms with Gasteiger partial charge in [0, 0.05) is 19.5 Å². The second kappa shape index (κ2) is 5.08. The molecule has 0 bridgehead atoms. The van der Waals surface area contributed by atoms with Gasteiger partial charge in [-0.3, -0.25) is 0 Å². The first kappa shape index (κ1) is 10.3. The summed E-state index contributed by atoms with van der Waals surface area (Å²) in [6.07, 6.45) is 0.725. The lowest BCUT2D eigenvalue weighted by Crippen LogP contribution is -2.27. The lowest BCUT2D eigenvalue weighted by Gasteiger charge is -2.18. The van der Waals surface area contributed by atoms with Crippen LogP contribution >= 0.6 is 23.6 Å². The summed E-state index contributed by atoms with van der Waals surface area (Å²) < 4.78 is 0. The van der Waals surface area contributed by atoms with Gasteiger partial charge >= 0.3 is 0 Å². The van der Waals surface area contributed by atoms with E-state index in [0.29, 0.717) is 4.99 Å². The average Bonchev–Trinajstić information content (AvgIpc) is 2.58. The van der Waals surface area contributed by atoms with Crippen LogP contribution in [0.3, 0.4) is 0 Å². The molecule has 0 amide bonds. The number of nitrogens with zero attached hydrogens (tertiary/aromatic N) is 3. The minimum absolute atomic E-state index is 0.544. The maximum absolute atomic E-state index is 5.42. The molecular weight excluding hydrogens is 204 g/mol. The average molecular weight is 216 g/mol. The fourth-order valence-corrected chi connectivity index (χ4v) is 1.68. The van der Waals surface area contributed by atoms with Gasteiger partial charge in [-0.2, -0.15) is 0 Å². The molecule has 0 atom stereocenters. The maximum atomic E-state index is 5.42. The van der Waals surface area contributed by atoms with Crippen molar-refractivity contribution in [2.24, 2.45) is 5.73 Å². The van der Waals surface area contributed by atoms with Gasteiger partial charge in [0.1, 0.15) is 5.51 Å². The molecule has 0 spiro atoms. The van der Waals surface area contributed by atoms with E-state index in [4.69, 9.17) is 18.0 Å². The summed E-state index contributed by atoms with van der Waals surface area (Å²) in [5, 5.41) is 8.69. The van der Waals surface area contributed by atoms with Crippen LogP contribution in [0.25, 0.3) is 0 Å². The lowest BCUT2D eigenvalue weighted by atomic mass is 10.4. The van der Waals surface area contributed by atoms with Crippen molar-refractivity contribution in [3.05, 3.63) is 5.51 Å². The summed E-state index contributed by atoms with van der Waals surface area (Å²) in [6.45, 7) is 3.79. The molecule has 0 aromatic carbocycles. The Morgan fingerprint density at radius 2 is 2.54 bits per heavy atom. The topological polar surface area (TPSA) is 55.0 Å². The van der Waals surface area contributed by atoms with Gasteiger partial charge in [0.2, 0.25) is 5.13 Å². The van der Waals surface area contributed by atoms with Crippen molar-refractivity contribution >= 4 is 33.7 Å². The molecule has 0 unspecified atom stereocenters. The molecule has 2 N–H and O–H groups in total. The van der Waals surface area contributed by atoms with E-state index in [1.807, 2.05) is 0 Å². The van der Waals surface area contributed by atoms with Crippen molar-refractivity contribution in [2.75, 3.05) is 18.0 Å². The Hall–Kier alpha value is -0.750. The molecule has 0 aliphatic rings. The van der Waals surface area contributed by atoms with Crippen molar-refractivity contribution in [3.8, 4) is 0 Å². The number of hydrogen-bond donors (Lipinski definition) is 1. The number of anilines is 1. The van der Waals surface area contributed by atoms with Gasteiger partial charge in [0.05, 0.1) is 4.99 Å². The highest BCUT2D eigenvalue weighted by Crippen LogP contribution is 2.15. The Labute approximate surface area is 86.8 Å². The lowest BCUT2D eigenvalue weighted by molar-refractivity contribution is 0.821. The molecule has 6 heteroatoms. The van der Waals surface area contributed by atoms with Crippen LogP contribution in [0.4, 0.5) is 5.13 Å². The third kappa shape index (κ3) is 3.23. The van der Waals surface area contributed by atoms with Crippen molar-refractivity contribution < 1.29 is 0 Å². The van der Waals surface area contributed by atoms with Crippen LogP contribution < -0.4 is 10.6 Å². The van der Waals surface area contributed by atoms with Crippen LogP contribution in [-0.4, -0.2) is 28.3 Å². The highest BCUT2D eigenvalue weighted by Gasteiger charge is 2.06. The first-order chi connectivity index (χ1) is 6.24. The van der Waals surface area contributed by atoms with E-state index in [-0.39, 0.29) is 0 Å². The number of thiocarbonyl (C=S) groups is 1. The highest BCUT2D eigenvalue weighted by atomic mass is 32.1. The second-order valence-electron chi connectivity index (χ2n) is 2.52. The molecule has 0 aliphatic carbocycles. The molecule has 0 fully saturated rings. The monoisotopic (exact) mass is 216 g/mol. The van der Waals surface area contributed by atoms with Crippen molar-refractivity contribution in [1.29, 1.82) is 0 Å². The minimum Gasteiger partial charge on any atom is -0.393 e. The summed E-state index contributed by atoms with van der Waals surface area (Å²) in [4.78, 5) is 2.65. The van der Waals surface area contributed by atoms with E-state index >= 15 is 0 Å². The van der Waals surface area contributed by atoms with Crippen LogP contribution in [0, 0.1) is 0 Å². The molecule has 13 heavy (non-hydrogen) atoms. The zero-order chi connectivity index (χ0) is 9.68. The number of aromatic nitrogens is 2. The fourth-order valence-electron chi connectivity index (χ4n) is 0.939. The Kier molecular flexibility index (Phi) is 4.04. The van der Waals surface area contributed by atoms with Crippen molar-refractivity contribution in [1.82, 2.24) is 10.2 Å². The highest BCUT2D eigenvalue weighted by molar-refractivity contribution is 7.80. The number of rotatable bonds is 5. The molecule has 4 nitrogen and oxygen atoms in total. The SMILES string of the molecule is CCN(CCC(N)=S)c1nncs1. The summed E-state index contributed by atoms with van der Waals surface area (Å²) in [7, 11) is 0. The van der Waals surface area contributed by atoms with E-state index in [1.54, 1.807) is 5.51 Å².